The highest BCUT2D eigenvalue weighted by molar-refractivity contribution is 7.12. The van der Waals surface area contributed by atoms with Gasteiger partial charge in [0.15, 0.2) is 0 Å². The lowest BCUT2D eigenvalue weighted by Gasteiger charge is -2.27. The molecular weight excluding hydrogens is 431 g/mol. The summed E-state index contributed by atoms with van der Waals surface area (Å²) in [5.74, 6) is -0.476. The summed E-state index contributed by atoms with van der Waals surface area (Å²) in [4.78, 5) is 12.7. The minimum atomic E-state index is -0.605. The van der Waals surface area contributed by atoms with Gasteiger partial charge in [0.2, 0.25) is 5.88 Å². The van der Waals surface area contributed by atoms with Crippen LogP contribution < -0.4 is 15.2 Å². The minimum absolute atomic E-state index is 0.0530. The van der Waals surface area contributed by atoms with Crippen molar-refractivity contribution in [2.45, 2.75) is 5.92 Å². The van der Waals surface area contributed by atoms with Crippen molar-refractivity contribution in [3.05, 3.63) is 91.4 Å². The second-order valence-corrected chi connectivity index (χ2v) is 7.89. The molecule has 0 saturated carbocycles. The molecule has 144 valence electrons. The maximum atomic E-state index is 12.2. The first-order valence-electron chi connectivity index (χ1n) is 8.40. The van der Waals surface area contributed by atoms with E-state index in [1.165, 1.54) is 11.3 Å². The van der Waals surface area contributed by atoms with Gasteiger partial charge in [0, 0.05) is 27.2 Å². The van der Waals surface area contributed by atoms with Gasteiger partial charge < -0.3 is 15.2 Å². The molecule has 8 heteroatoms. The molecule has 2 heterocycles. The van der Waals surface area contributed by atoms with E-state index in [0.717, 1.165) is 0 Å². The van der Waals surface area contributed by atoms with E-state index in [-0.39, 0.29) is 11.5 Å². The number of nitrogens with zero attached hydrogens (tertiary/aromatic N) is 1. The van der Waals surface area contributed by atoms with Crippen molar-refractivity contribution < 1.29 is 14.3 Å². The molecule has 1 aliphatic rings. The van der Waals surface area contributed by atoms with E-state index in [0.29, 0.717) is 37.5 Å². The number of nitriles is 1. The number of fused-ring (bicyclic) bond motifs is 1. The number of allylic oxidation sites excluding steroid dienone is 1. The van der Waals surface area contributed by atoms with Crippen molar-refractivity contribution in [1.82, 2.24) is 0 Å². The van der Waals surface area contributed by atoms with Crippen LogP contribution in [-0.4, -0.2) is 5.97 Å². The highest BCUT2D eigenvalue weighted by Gasteiger charge is 2.33. The van der Waals surface area contributed by atoms with Crippen LogP contribution in [0, 0.1) is 11.3 Å². The maximum Gasteiger partial charge on any atom is 0.353 e. The van der Waals surface area contributed by atoms with Crippen molar-refractivity contribution in [3.8, 4) is 17.6 Å². The predicted molar refractivity (Wildman–Crippen MR) is 111 cm³/mol. The topological polar surface area (TPSA) is 85.3 Å². The first-order chi connectivity index (χ1) is 14.0. The number of thiophene rings is 1. The third-order valence-corrected chi connectivity index (χ3v) is 5.92. The SMILES string of the molecule is N#CC1=C(N)Oc2cc(OC(=O)c3cccs3)ccc2C1c1c(Cl)cccc1Cl. The van der Waals surface area contributed by atoms with Crippen LogP contribution in [0.15, 0.2) is 65.4 Å². The number of rotatable bonds is 3. The van der Waals surface area contributed by atoms with Crippen LogP contribution in [0.1, 0.15) is 26.7 Å². The van der Waals surface area contributed by atoms with E-state index in [9.17, 15) is 10.1 Å². The quantitative estimate of drug-likeness (QED) is 0.427. The van der Waals surface area contributed by atoms with Crippen LogP contribution in [0.5, 0.6) is 11.5 Å². The summed E-state index contributed by atoms with van der Waals surface area (Å²) < 4.78 is 11.1. The van der Waals surface area contributed by atoms with E-state index in [1.54, 1.807) is 53.9 Å². The molecule has 0 aliphatic carbocycles. The standard InChI is InChI=1S/C21H12Cl2N2O3S/c22-14-3-1-4-15(23)19(14)18-12-7-6-11(27-21(26)17-5-2-8-29-17)9-16(12)28-20(25)13(18)10-24/h1-9,18H,25H2. The van der Waals surface area contributed by atoms with E-state index < -0.39 is 11.9 Å². The highest BCUT2D eigenvalue weighted by Crippen LogP contribution is 2.47. The van der Waals surface area contributed by atoms with Crippen molar-refractivity contribution in [3.63, 3.8) is 0 Å². The van der Waals surface area contributed by atoms with Crippen molar-refractivity contribution in [1.29, 1.82) is 5.26 Å². The van der Waals surface area contributed by atoms with Crippen LogP contribution >= 0.6 is 34.5 Å². The Morgan fingerprint density at radius 1 is 1.17 bits per heavy atom. The van der Waals surface area contributed by atoms with E-state index >= 15 is 0 Å². The molecule has 1 aromatic heterocycles. The summed E-state index contributed by atoms with van der Waals surface area (Å²) >= 11 is 14.1. The molecule has 1 aliphatic heterocycles. The van der Waals surface area contributed by atoms with Crippen LogP contribution in [-0.2, 0) is 0 Å². The largest absolute Gasteiger partial charge is 0.440 e. The fraction of sp³-hybridized carbons (Fsp3) is 0.0476. The van der Waals surface area contributed by atoms with Gasteiger partial charge in [0.1, 0.15) is 28.0 Å². The Morgan fingerprint density at radius 3 is 2.59 bits per heavy atom. The monoisotopic (exact) mass is 442 g/mol. The number of hydrogen-bond acceptors (Lipinski definition) is 6. The number of ether oxygens (including phenoxy) is 2. The Kier molecular flexibility index (Phi) is 5.20. The lowest BCUT2D eigenvalue weighted by Crippen LogP contribution is -2.21. The number of benzene rings is 2. The van der Waals surface area contributed by atoms with Gasteiger partial charge in [-0.1, -0.05) is 41.4 Å². The minimum Gasteiger partial charge on any atom is -0.440 e. The zero-order valence-corrected chi connectivity index (χ0v) is 17.0. The first kappa shape index (κ1) is 19.3. The van der Waals surface area contributed by atoms with Gasteiger partial charge in [-0.05, 0) is 29.6 Å². The van der Waals surface area contributed by atoms with Crippen molar-refractivity contribution >= 4 is 40.5 Å². The molecule has 2 aromatic carbocycles. The summed E-state index contributed by atoms with van der Waals surface area (Å²) in [5, 5.41) is 12.3. The van der Waals surface area contributed by atoms with Crippen LogP contribution in [0.3, 0.4) is 0 Å². The van der Waals surface area contributed by atoms with Gasteiger partial charge in [-0.2, -0.15) is 5.26 Å². The average molecular weight is 443 g/mol. The van der Waals surface area contributed by atoms with Crippen LogP contribution in [0.25, 0.3) is 0 Å². The highest BCUT2D eigenvalue weighted by atomic mass is 35.5. The van der Waals surface area contributed by atoms with E-state index in [4.69, 9.17) is 38.4 Å². The fourth-order valence-corrected chi connectivity index (χ4v) is 4.35. The Balaban J connectivity index is 1.78. The number of carbonyl (C=O) groups is 1. The maximum absolute atomic E-state index is 12.2. The van der Waals surface area contributed by atoms with Gasteiger partial charge in [-0.25, -0.2) is 4.79 Å². The molecule has 4 rings (SSSR count). The third-order valence-electron chi connectivity index (χ3n) is 4.41. The third kappa shape index (κ3) is 3.56. The normalized spacial score (nSPS) is 15.3. The summed E-state index contributed by atoms with van der Waals surface area (Å²) in [6, 6.07) is 15.5. The number of nitrogens with two attached hydrogens (primary N) is 1. The number of hydrogen-bond donors (Lipinski definition) is 1. The van der Waals surface area contributed by atoms with Gasteiger partial charge in [0.25, 0.3) is 0 Å². The van der Waals surface area contributed by atoms with Crippen molar-refractivity contribution in [2.24, 2.45) is 5.73 Å². The fourth-order valence-electron chi connectivity index (χ4n) is 3.13. The summed E-state index contributed by atoms with van der Waals surface area (Å²) in [5.41, 5.74) is 7.41. The number of carbonyl (C=O) groups excluding carboxylic acids is 1. The van der Waals surface area contributed by atoms with Gasteiger partial charge >= 0.3 is 5.97 Å². The van der Waals surface area contributed by atoms with E-state index in [2.05, 4.69) is 6.07 Å². The molecule has 0 fully saturated rings. The van der Waals surface area contributed by atoms with Crippen LogP contribution in [0.2, 0.25) is 10.0 Å². The molecule has 1 unspecified atom stereocenters. The first-order valence-corrected chi connectivity index (χ1v) is 10.0. The van der Waals surface area contributed by atoms with Gasteiger partial charge in [-0.3, -0.25) is 0 Å². The molecule has 0 spiro atoms. The Morgan fingerprint density at radius 2 is 1.93 bits per heavy atom. The molecule has 1 atom stereocenters. The zero-order valence-electron chi connectivity index (χ0n) is 14.7. The number of esters is 1. The average Bonchev–Trinajstić information content (AvgIpc) is 3.22. The second kappa shape index (κ2) is 7.80. The van der Waals surface area contributed by atoms with E-state index in [1.807, 2.05) is 0 Å². The molecule has 0 saturated heterocycles. The second-order valence-electron chi connectivity index (χ2n) is 6.13. The Labute approximate surface area is 180 Å². The smallest absolute Gasteiger partial charge is 0.353 e. The van der Waals surface area contributed by atoms with Crippen molar-refractivity contribution in [2.75, 3.05) is 0 Å². The zero-order chi connectivity index (χ0) is 20.5. The molecule has 0 amide bonds. The van der Waals surface area contributed by atoms with Gasteiger partial charge in [0.05, 0.1) is 5.92 Å². The molecule has 3 aromatic rings. The summed E-state index contributed by atoms with van der Waals surface area (Å²) in [6.45, 7) is 0. The summed E-state index contributed by atoms with van der Waals surface area (Å²) in [6.07, 6.45) is 0. The predicted octanol–water partition coefficient (Wildman–Crippen LogP) is 5.49. The van der Waals surface area contributed by atoms with Crippen LogP contribution in [0.4, 0.5) is 0 Å². The number of halogens is 2. The lowest BCUT2D eigenvalue weighted by molar-refractivity contribution is 0.0739. The lowest BCUT2D eigenvalue weighted by atomic mass is 9.83. The summed E-state index contributed by atoms with van der Waals surface area (Å²) in [7, 11) is 0. The molecule has 2 N–H and O–H groups in total. The molecule has 0 radical (unpaired) electrons. The Hall–Kier alpha value is -2.98. The molecule has 5 nitrogen and oxygen atoms in total. The molecule has 0 bridgehead atoms. The molecular formula is C21H12Cl2N2O3S. The Bertz CT molecular complexity index is 1160. The molecule has 29 heavy (non-hydrogen) atoms. The van der Waals surface area contributed by atoms with Gasteiger partial charge in [-0.15, -0.1) is 11.3 Å².